The molecule has 0 radical (unpaired) electrons. The fourth-order valence-electron chi connectivity index (χ4n) is 1.93. The first kappa shape index (κ1) is 21.3. The van der Waals surface area contributed by atoms with E-state index in [4.69, 9.17) is 32.1 Å². The van der Waals surface area contributed by atoms with Gasteiger partial charge in [0.15, 0.2) is 0 Å². The molecule has 1 N–H and O–H groups in total. The summed E-state index contributed by atoms with van der Waals surface area (Å²) >= 11 is 11.8. The van der Waals surface area contributed by atoms with E-state index < -0.39 is 18.9 Å². The van der Waals surface area contributed by atoms with Gasteiger partial charge < -0.3 is 9.26 Å². The van der Waals surface area contributed by atoms with Crippen LogP contribution in [-0.4, -0.2) is 18.6 Å². The van der Waals surface area contributed by atoms with Crippen LogP contribution in [0.25, 0.3) is 0 Å². The van der Waals surface area contributed by atoms with Crippen LogP contribution in [0.1, 0.15) is 40.0 Å². The quantitative estimate of drug-likeness (QED) is 0.325. The Morgan fingerprint density at radius 3 is 2.46 bits per heavy atom. The van der Waals surface area contributed by atoms with Gasteiger partial charge in [-0.2, -0.15) is 0 Å². The molecule has 2 atom stereocenters. The van der Waals surface area contributed by atoms with Gasteiger partial charge in [-0.15, -0.1) is 0 Å². The van der Waals surface area contributed by atoms with E-state index in [1.807, 2.05) is 20.8 Å². The number of unbranched alkanes of at least 4 members (excludes halogenated alkanes) is 1. The summed E-state index contributed by atoms with van der Waals surface area (Å²) in [6, 6.07) is 5.50. The second kappa shape index (κ2) is 10.3. The van der Waals surface area contributed by atoms with Crippen molar-refractivity contribution in [1.82, 2.24) is 5.09 Å². The van der Waals surface area contributed by atoms with Crippen LogP contribution in [0.15, 0.2) is 24.3 Å². The summed E-state index contributed by atoms with van der Waals surface area (Å²) < 4.78 is 23.0. The summed E-state index contributed by atoms with van der Waals surface area (Å²) in [5, 5.41) is 3.13. The monoisotopic (exact) mass is 395 g/mol. The van der Waals surface area contributed by atoms with Gasteiger partial charge >= 0.3 is 12.8 Å². The molecule has 1 aromatic carbocycles. The minimum atomic E-state index is -3.76. The molecule has 1 aromatic rings. The number of ether oxygens (including phenoxy) is 1. The predicted molar refractivity (Wildman–Crippen MR) is 97.8 cm³/mol. The molecule has 0 amide bonds. The topological polar surface area (TPSA) is 64.6 Å². The van der Waals surface area contributed by atoms with E-state index in [1.54, 1.807) is 24.3 Å². The van der Waals surface area contributed by atoms with Gasteiger partial charge in [0.05, 0.1) is 6.61 Å². The van der Waals surface area contributed by atoms with Gasteiger partial charge in [-0.1, -0.05) is 38.8 Å². The van der Waals surface area contributed by atoms with Gasteiger partial charge in [0.1, 0.15) is 11.8 Å². The highest BCUT2D eigenvalue weighted by molar-refractivity contribution is 7.84. The van der Waals surface area contributed by atoms with Crippen molar-refractivity contribution >= 4 is 35.7 Å². The second-order valence-corrected chi connectivity index (χ2v) is 9.03. The Morgan fingerprint density at radius 2 is 1.92 bits per heavy atom. The number of carbonyl (C=O) groups excluding carboxylic acids is 1. The van der Waals surface area contributed by atoms with Crippen molar-refractivity contribution in [2.45, 2.75) is 46.1 Å². The maximum Gasteiger partial charge on any atom is 0.409 e. The van der Waals surface area contributed by atoms with Crippen molar-refractivity contribution in [3.8, 4) is 5.75 Å². The number of hydrogen-bond acceptors (Lipinski definition) is 4. The number of halogens is 2. The molecule has 136 valence electrons. The van der Waals surface area contributed by atoms with Crippen molar-refractivity contribution in [2.75, 3.05) is 6.61 Å². The molecule has 0 bridgehead atoms. The first-order valence-corrected chi connectivity index (χ1v) is 10.8. The first-order chi connectivity index (χ1) is 11.2. The van der Waals surface area contributed by atoms with Gasteiger partial charge in [0.2, 0.25) is 0 Å². The highest BCUT2D eigenvalue weighted by Crippen LogP contribution is 2.49. The molecule has 0 saturated heterocycles. The normalized spacial score (nSPS) is 14.9. The first-order valence-electron chi connectivity index (χ1n) is 7.92. The van der Waals surface area contributed by atoms with E-state index in [0.29, 0.717) is 23.8 Å². The Morgan fingerprint density at radius 1 is 1.29 bits per heavy atom. The van der Waals surface area contributed by atoms with E-state index in [-0.39, 0.29) is 5.92 Å². The Labute approximate surface area is 153 Å². The number of carbonyl (C=O) groups is 1. The van der Waals surface area contributed by atoms with E-state index in [9.17, 15) is 9.36 Å². The van der Waals surface area contributed by atoms with Gasteiger partial charge in [0.25, 0.3) is 0 Å². The molecule has 0 spiro atoms. The van der Waals surface area contributed by atoms with Gasteiger partial charge in [-0.05, 0) is 43.0 Å². The molecule has 0 aliphatic rings. The summed E-state index contributed by atoms with van der Waals surface area (Å²) in [4.78, 5) is 12.2. The molecule has 8 heteroatoms. The molecule has 0 fully saturated rings. The van der Waals surface area contributed by atoms with Crippen LogP contribution in [0, 0.1) is 5.92 Å². The summed E-state index contributed by atoms with van der Waals surface area (Å²) in [7, 11) is 0. The lowest BCUT2D eigenvalue weighted by molar-refractivity contribution is -0.146. The minimum absolute atomic E-state index is 0.188. The van der Waals surface area contributed by atoms with Crippen LogP contribution in [0.4, 0.5) is 0 Å². The number of benzene rings is 1. The maximum atomic E-state index is 12.5. The molecule has 1 unspecified atom stereocenters. The molecule has 1 rings (SSSR count). The van der Waals surface area contributed by atoms with Crippen molar-refractivity contribution in [2.24, 2.45) is 5.92 Å². The van der Waals surface area contributed by atoms with Crippen molar-refractivity contribution in [3.05, 3.63) is 29.3 Å². The number of nitrogens with one attached hydrogen (secondary N) is 1. The molecule has 0 aliphatic carbocycles. The van der Waals surface area contributed by atoms with Crippen molar-refractivity contribution in [1.29, 1.82) is 0 Å². The summed E-state index contributed by atoms with van der Waals surface area (Å²) in [5.41, 5.74) is 0. The maximum absolute atomic E-state index is 12.5. The third-order valence-electron chi connectivity index (χ3n) is 3.08. The van der Waals surface area contributed by atoms with Crippen molar-refractivity contribution in [3.63, 3.8) is 0 Å². The van der Waals surface area contributed by atoms with Crippen LogP contribution in [0.2, 0.25) is 5.02 Å². The lowest BCUT2D eigenvalue weighted by Crippen LogP contribution is -2.37. The van der Waals surface area contributed by atoms with Crippen molar-refractivity contribution < 1.29 is 18.6 Å². The highest BCUT2D eigenvalue weighted by Gasteiger charge is 2.31. The van der Waals surface area contributed by atoms with Crippen LogP contribution < -0.4 is 9.61 Å². The van der Waals surface area contributed by atoms with Gasteiger partial charge in [0, 0.05) is 16.3 Å². The van der Waals surface area contributed by atoms with E-state index in [2.05, 4.69) is 5.09 Å². The number of esters is 1. The fraction of sp³-hybridized carbons (Fsp3) is 0.562. The van der Waals surface area contributed by atoms with Crippen LogP contribution in [0.5, 0.6) is 5.75 Å². The third-order valence-corrected chi connectivity index (χ3v) is 4.90. The van der Waals surface area contributed by atoms with Gasteiger partial charge in [-0.3, -0.25) is 4.79 Å². The zero-order valence-electron chi connectivity index (χ0n) is 14.1. The zero-order chi connectivity index (χ0) is 18.2. The smallest absolute Gasteiger partial charge is 0.409 e. The molecule has 24 heavy (non-hydrogen) atoms. The number of hydrogen-bond donors (Lipinski definition) is 1. The lowest BCUT2D eigenvalue weighted by atomic mass is 10.1. The van der Waals surface area contributed by atoms with Gasteiger partial charge in [-0.25, -0.2) is 9.65 Å². The molecule has 0 aliphatic heterocycles. The lowest BCUT2D eigenvalue weighted by Gasteiger charge is -2.22. The standard InChI is InChI=1S/C16H24Cl2NO4P/c1-4-5-10-22-16(20)15(11-12(2)3)19-24(18,21)23-14-8-6-13(17)7-9-14/h6-9,12,15H,4-5,10-11H2,1-3H3,(H,19,21)/t15-,24?/m0/s1. The Bertz CT molecular complexity index is 566. The van der Waals surface area contributed by atoms with E-state index in [0.717, 1.165) is 12.8 Å². The molecule has 0 aromatic heterocycles. The molecular formula is C16H24Cl2NO4P. The average Bonchev–Trinajstić information content (AvgIpc) is 2.48. The highest BCUT2D eigenvalue weighted by atomic mass is 35.7. The Balaban J connectivity index is 2.73. The molecule has 0 heterocycles. The second-order valence-electron chi connectivity index (χ2n) is 5.86. The van der Waals surface area contributed by atoms with Crippen LogP contribution >= 0.6 is 29.7 Å². The van der Waals surface area contributed by atoms with E-state index in [1.165, 1.54) is 0 Å². The largest absolute Gasteiger partial charge is 0.465 e. The summed E-state index contributed by atoms with van der Waals surface area (Å²) in [5.74, 6) is 0.0130. The Kier molecular flexibility index (Phi) is 9.14. The fourth-order valence-corrected chi connectivity index (χ4v) is 3.68. The molecular weight excluding hydrogens is 372 g/mol. The predicted octanol–water partition coefficient (Wildman–Crippen LogP) is 5.41. The Hall–Kier alpha value is -0.740. The van der Waals surface area contributed by atoms with E-state index >= 15 is 0 Å². The summed E-state index contributed by atoms with van der Waals surface area (Å²) in [6.45, 7) is 2.48. The number of rotatable bonds is 10. The molecule has 5 nitrogen and oxygen atoms in total. The zero-order valence-corrected chi connectivity index (χ0v) is 16.5. The average molecular weight is 396 g/mol. The molecule has 0 saturated carbocycles. The third kappa shape index (κ3) is 8.39. The SMILES string of the molecule is CCCCOC(=O)[C@H](CC(C)C)NP(=O)(Cl)Oc1ccc(Cl)cc1. The summed E-state index contributed by atoms with van der Waals surface area (Å²) in [6.07, 6.45) is 2.13. The van der Waals surface area contributed by atoms with Crippen LogP contribution in [-0.2, 0) is 14.1 Å². The van der Waals surface area contributed by atoms with Crippen LogP contribution in [0.3, 0.4) is 0 Å². The minimum Gasteiger partial charge on any atom is -0.465 e.